The molecule has 0 amide bonds. The first-order valence-corrected chi connectivity index (χ1v) is 10.6. The van der Waals surface area contributed by atoms with Crippen LogP contribution in [0.5, 0.6) is 0 Å². The molecule has 164 valence electrons. The van der Waals surface area contributed by atoms with Crippen molar-refractivity contribution < 1.29 is 8.91 Å². The zero-order valence-corrected chi connectivity index (χ0v) is 18.0. The van der Waals surface area contributed by atoms with Crippen LogP contribution in [0.25, 0.3) is 22.6 Å². The minimum atomic E-state index is -0.528. The lowest BCUT2D eigenvalue weighted by atomic mass is 9.90. The standard InChI is InChI=1S/C23H20BFN6O2/c1-30-20(32)11-19(16-8-9-26-12-18(16)25)27-23(30)31-10-4-5-14(13-31)22-28-21(29-33-22)15-6-2-3-7-17(15)24/h2-3,6-9,11-12,14H,4-5,10,13H2,1H3. The van der Waals surface area contributed by atoms with E-state index in [1.807, 2.05) is 23.1 Å². The molecule has 5 rings (SSSR count). The summed E-state index contributed by atoms with van der Waals surface area (Å²) in [6.07, 6.45) is 4.28. The van der Waals surface area contributed by atoms with Crippen LogP contribution >= 0.6 is 0 Å². The fourth-order valence-corrected chi connectivity index (χ4v) is 4.10. The predicted octanol–water partition coefficient (Wildman–Crippen LogP) is 2.21. The molecule has 1 aromatic carbocycles. The minimum Gasteiger partial charge on any atom is -0.341 e. The molecular weight excluding hydrogens is 422 g/mol. The van der Waals surface area contributed by atoms with Crippen LogP contribution in [0.2, 0.25) is 0 Å². The smallest absolute Gasteiger partial charge is 0.255 e. The third kappa shape index (κ3) is 4.04. The summed E-state index contributed by atoms with van der Waals surface area (Å²) in [5, 5.41) is 4.11. The molecule has 10 heteroatoms. The van der Waals surface area contributed by atoms with Gasteiger partial charge in [0.15, 0.2) is 5.82 Å². The van der Waals surface area contributed by atoms with Gasteiger partial charge in [0, 0.05) is 43.5 Å². The molecule has 1 aliphatic heterocycles. The lowest BCUT2D eigenvalue weighted by Gasteiger charge is -2.32. The summed E-state index contributed by atoms with van der Waals surface area (Å²) in [5.41, 5.74) is 1.54. The van der Waals surface area contributed by atoms with Crippen molar-refractivity contribution in [2.75, 3.05) is 18.0 Å². The number of halogens is 1. The number of pyridine rings is 1. The Morgan fingerprint density at radius 1 is 1.18 bits per heavy atom. The predicted molar refractivity (Wildman–Crippen MR) is 122 cm³/mol. The number of hydrogen-bond acceptors (Lipinski definition) is 7. The summed E-state index contributed by atoms with van der Waals surface area (Å²) in [7, 11) is 7.70. The van der Waals surface area contributed by atoms with Gasteiger partial charge in [-0.3, -0.25) is 14.3 Å². The monoisotopic (exact) mass is 442 g/mol. The van der Waals surface area contributed by atoms with Gasteiger partial charge in [0.05, 0.1) is 17.8 Å². The highest BCUT2D eigenvalue weighted by molar-refractivity contribution is 6.35. The molecule has 8 nitrogen and oxygen atoms in total. The van der Waals surface area contributed by atoms with Crippen LogP contribution in [0.3, 0.4) is 0 Å². The quantitative estimate of drug-likeness (QED) is 0.448. The van der Waals surface area contributed by atoms with Crippen LogP contribution in [0, 0.1) is 5.82 Å². The van der Waals surface area contributed by atoms with E-state index in [-0.39, 0.29) is 22.7 Å². The van der Waals surface area contributed by atoms with Gasteiger partial charge in [0.25, 0.3) is 5.56 Å². The molecule has 4 heterocycles. The van der Waals surface area contributed by atoms with Crippen LogP contribution < -0.4 is 15.9 Å². The van der Waals surface area contributed by atoms with Gasteiger partial charge in [-0.15, -0.1) is 0 Å². The van der Waals surface area contributed by atoms with Crippen LogP contribution in [0.1, 0.15) is 24.7 Å². The fourth-order valence-electron chi connectivity index (χ4n) is 4.10. The van der Waals surface area contributed by atoms with Gasteiger partial charge in [-0.2, -0.15) is 4.98 Å². The molecular formula is C23H20BFN6O2. The van der Waals surface area contributed by atoms with E-state index in [1.165, 1.54) is 22.9 Å². The lowest BCUT2D eigenvalue weighted by molar-refractivity contribution is 0.332. The van der Waals surface area contributed by atoms with E-state index in [2.05, 4.69) is 20.1 Å². The molecule has 0 spiro atoms. The summed E-state index contributed by atoms with van der Waals surface area (Å²) in [4.78, 5) is 27.6. The average Bonchev–Trinajstić information content (AvgIpc) is 3.32. The number of hydrogen-bond donors (Lipinski definition) is 0. The summed E-state index contributed by atoms with van der Waals surface area (Å²) in [5.74, 6) is 0.855. The Kier molecular flexibility index (Phi) is 5.49. The SMILES string of the molecule is [B]c1ccccc1-c1noc(C2CCCN(c3nc(-c4ccncc4F)cc(=O)n3C)C2)n1. The molecule has 1 fully saturated rings. The largest absolute Gasteiger partial charge is 0.341 e. The van der Waals surface area contributed by atoms with Gasteiger partial charge in [-0.25, -0.2) is 9.37 Å². The van der Waals surface area contributed by atoms with Crippen molar-refractivity contribution in [3.63, 3.8) is 0 Å². The number of anilines is 1. The number of rotatable bonds is 4. The molecule has 1 saturated heterocycles. The second-order valence-electron chi connectivity index (χ2n) is 8.02. The van der Waals surface area contributed by atoms with Crippen LogP contribution in [0.4, 0.5) is 10.3 Å². The lowest BCUT2D eigenvalue weighted by Crippen LogP contribution is -2.38. The summed E-state index contributed by atoms with van der Waals surface area (Å²) < 4.78 is 21.3. The van der Waals surface area contributed by atoms with Gasteiger partial charge in [0.2, 0.25) is 17.7 Å². The zero-order valence-electron chi connectivity index (χ0n) is 18.0. The number of piperidine rings is 1. The van der Waals surface area contributed by atoms with Crippen LogP contribution in [0.15, 0.2) is 58.1 Å². The molecule has 1 unspecified atom stereocenters. The molecule has 0 aliphatic carbocycles. The fraction of sp³-hybridized carbons (Fsp3) is 0.261. The van der Waals surface area contributed by atoms with E-state index in [0.29, 0.717) is 36.2 Å². The zero-order chi connectivity index (χ0) is 22.9. The van der Waals surface area contributed by atoms with E-state index >= 15 is 0 Å². The van der Waals surface area contributed by atoms with E-state index in [4.69, 9.17) is 12.4 Å². The number of nitrogens with zero attached hydrogens (tertiary/aromatic N) is 6. The van der Waals surface area contributed by atoms with E-state index in [0.717, 1.165) is 24.6 Å². The highest BCUT2D eigenvalue weighted by Gasteiger charge is 2.28. The molecule has 0 saturated carbocycles. The molecule has 4 aromatic rings. The Morgan fingerprint density at radius 3 is 2.85 bits per heavy atom. The first-order valence-electron chi connectivity index (χ1n) is 10.6. The van der Waals surface area contributed by atoms with Crippen molar-refractivity contribution in [2.24, 2.45) is 7.05 Å². The molecule has 1 aliphatic rings. The molecule has 0 N–H and O–H groups in total. The van der Waals surface area contributed by atoms with Gasteiger partial charge >= 0.3 is 0 Å². The second-order valence-corrected chi connectivity index (χ2v) is 8.02. The highest BCUT2D eigenvalue weighted by atomic mass is 19.1. The Morgan fingerprint density at radius 2 is 2.03 bits per heavy atom. The van der Waals surface area contributed by atoms with Crippen LogP contribution in [-0.4, -0.2) is 45.6 Å². The van der Waals surface area contributed by atoms with Crippen molar-refractivity contribution >= 4 is 19.3 Å². The maximum absolute atomic E-state index is 14.3. The molecule has 2 radical (unpaired) electrons. The number of aromatic nitrogens is 5. The van der Waals surface area contributed by atoms with Crippen LogP contribution in [-0.2, 0) is 7.05 Å². The van der Waals surface area contributed by atoms with Gasteiger partial charge in [-0.1, -0.05) is 34.9 Å². The Hall–Kier alpha value is -3.82. The highest BCUT2D eigenvalue weighted by Crippen LogP contribution is 2.30. The van der Waals surface area contributed by atoms with E-state index in [9.17, 15) is 9.18 Å². The second kappa shape index (κ2) is 8.61. The third-order valence-corrected chi connectivity index (χ3v) is 5.86. The van der Waals surface area contributed by atoms with Crippen molar-refractivity contribution in [3.8, 4) is 22.6 Å². The molecule has 3 aromatic heterocycles. The molecule has 33 heavy (non-hydrogen) atoms. The third-order valence-electron chi connectivity index (χ3n) is 5.86. The van der Waals surface area contributed by atoms with Crippen molar-refractivity contribution in [3.05, 3.63) is 70.9 Å². The van der Waals surface area contributed by atoms with Gasteiger partial charge < -0.3 is 9.42 Å². The number of benzene rings is 1. The maximum Gasteiger partial charge on any atom is 0.255 e. The van der Waals surface area contributed by atoms with Crippen molar-refractivity contribution in [2.45, 2.75) is 18.8 Å². The Bertz CT molecular complexity index is 1370. The Balaban J connectivity index is 1.45. The van der Waals surface area contributed by atoms with Crippen molar-refractivity contribution in [1.29, 1.82) is 0 Å². The maximum atomic E-state index is 14.3. The summed E-state index contributed by atoms with van der Waals surface area (Å²) in [6.45, 7) is 1.24. The van der Waals surface area contributed by atoms with E-state index < -0.39 is 5.82 Å². The first-order chi connectivity index (χ1) is 16.0. The summed E-state index contributed by atoms with van der Waals surface area (Å²) >= 11 is 0. The topological polar surface area (TPSA) is 89.9 Å². The summed E-state index contributed by atoms with van der Waals surface area (Å²) in [6, 6.07) is 10.2. The first kappa shape index (κ1) is 21.1. The molecule has 1 atom stereocenters. The normalized spacial score (nSPS) is 16.2. The van der Waals surface area contributed by atoms with Crippen molar-refractivity contribution in [1.82, 2.24) is 24.7 Å². The van der Waals surface area contributed by atoms with Gasteiger partial charge in [-0.05, 0) is 18.9 Å². The minimum absolute atomic E-state index is 0.0387. The molecule has 0 bridgehead atoms. The Labute approximate surface area is 190 Å². The van der Waals surface area contributed by atoms with E-state index in [1.54, 1.807) is 13.1 Å². The van der Waals surface area contributed by atoms with Gasteiger partial charge in [0.1, 0.15) is 7.85 Å². The average molecular weight is 442 g/mol.